The molecule has 1 amide bonds. The Bertz CT molecular complexity index is 711. The van der Waals surface area contributed by atoms with Crippen molar-refractivity contribution >= 4 is 33.4 Å². The van der Waals surface area contributed by atoms with Crippen molar-refractivity contribution < 1.29 is 9.63 Å². The minimum atomic E-state index is -0.312. The summed E-state index contributed by atoms with van der Waals surface area (Å²) in [7, 11) is 1.77. The molecule has 0 spiro atoms. The number of aromatic nitrogens is 2. The van der Waals surface area contributed by atoms with Crippen LogP contribution < -0.4 is 11.1 Å². The molecule has 0 aliphatic rings. The Kier molecular flexibility index (Phi) is 5.16. The maximum Gasteiger partial charge on any atom is 0.265 e. The number of halogens is 1. The maximum absolute atomic E-state index is 11.8. The summed E-state index contributed by atoms with van der Waals surface area (Å²) in [5, 5.41) is 10.4. The van der Waals surface area contributed by atoms with Crippen molar-refractivity contribution in [2.24, 2.45) is 17.9 Å². The van der Waals surface area contributed by atoms with E-state index in [4.69, 9.17) is 10.6 Å². The van der Waals surface area contributed by atoms with E-state index < -0.39 is 0 Å². The van der Waals surface area contributed by atoms with E-state index in [0.29, 0.717) is 5.56 Å². The Balaban J connectivity index is 1.87. The van der Waals surface area contributed by atoms with E-state index in [-0.39, 0.29) is 18.3 Å². The molecule has 22 heavy (non-hydrogen) atoms. The van der Waals surface area contributed by atoms with Crippen LogP contribution in [0, 0.1) is 6.92 Å². The smallest absolute Gasteiger partial charge is 0.265 e. The number of amides is 1. The molecule has 8 heteroatoms. The molecule has 0 bridgehead atoms. The van der Waals surface area contributed by atoms with Crippen molar-refractivity contribution in [1.29, 1.82) is 0 Å². The Morgan fingerprint density at radius 1 is 1.55 bits per heavy atom. The van der Waals surface area contributed by atoms with E-state index in [0.717, 1.165) is 15.7 Å². The average molecular weight is 366 g/mol. The lowest BCUT2D eigenvalue weighted by molar-refractivity contribution is -0.120. The fourth-order valence-electron chi connectivity index (χ4n) is 1.72. The van der Waals surface area contributed by atoms with E-state index in [2.05, 4.69) is 31.5 Å². The van der Waals surface area contributed by atoms with Crippen LogP contribution in [-0.2, 0) is 16.7 Å². The molecule has 2 aromatic rings. The highest BCUT2D eigenvalue weighted by atomic mass is 79.9. The van der Waals surface area contributed by atoms with Crippen molar-refractivity contribution in [2.45, 2.75) is 6.92 Å². The van der Waals surface area contributed by atoms with Crippen LogP contribution in [0.3, 0.4) is 0 Å². The number of nitrogens with two attached hydrogens (primary N) is 1. The molecule has 116 valence electrons. The standard InChI is InChI=1S/C14H16BrN5O2/c1-9-5-11(15)3-4-12(9)18-13(21)8-22-19-14(16)10-6-17-20(2)7-10/h3-7H,8H2,1-2H3,(H2,16,19)(H,18,21). The van der Waals surface area contributed by atoms with Gasteiger partial charge in [0.1, 0.15) is 0 Å². The minimum Gasteiger partial charge on any atom is -0.384 e. The summed E-state index contributed by atoms with van der Waals surface area (Å²) in [6, 6.07) is 5.57. The van der Waals surface area contributed by atoms with Gasteiger partial charge >= 0.3 is 0 Å². The number of nitrogens with zero attached hydrogens (tertiary/aromatic N) is 3. The second-order valence-corrected chi connectivity index (χ2v) is 5.58. The number of aryl methyl sites for hydroxylation is 2. The van der Waals surface area contributed by atoms with Crippen LogP contribution in [0.2, 0.25) is 0 Å². The second-order valence-electron chi connectivity index (χ2n) is 4.66. The lowest BCUT2D eigenvalue weighted by Gasteiger charge is -2.08. The van der Waals surface area contributed by atoms with Gasteiger partial charge in [0.05, 0.1) is 11.8 Å². The number of hydrogen-bond donors (Lipinski definition) is 2. The van der Waals surface area contributed by atoms with Gasteiger partial charge in [-0.2, -0.15) is 5.10 Å². The fraction of sp³-hybridized carbons (Fsp3) is 0.214. The largest absolute Gasteiger partial charge is 0.384 e. The molecule has 7 nitrogen and oxygen atoms in total. The van der Waals surface area contributed by atoms with Gasteiger partial charge in [-0.3, -0.25) is 9.48 Å². The van der Waals surface area contributed by atoms with E-state index in [1.807, 2.05) is 25.1 Å². The van der Waals surface area contributed by atoms with Gasteiger partial charge in [0.25, 0.3) is 5.91 Å². The monoisotopic (exact) mass is 365 g/mol. The minimum absolute atomic E-state index is 0.167. The molecule has 3 N–H and O–H groups in total. The Hall–Kier alpha value is -2.35. The van der Waals surface area contributed by atoms with Crippen LogP contribution in [0.15, 0.2) is 40.2 Å². The first-order chi connectivity index (χ1) is 10.5. The van der Waals surface area contributed by atoms with Gasteiger partial charge in [0, 0.05) is 23.4 Å². The molecular weight excluding hydrogens is 350 g/mol. The maximum atomic E-state index is 11.8. The van der Waals surface area contributed by atoms with E-state index in [9.17, 15) is 4.79 Å². The summed E-state index contributed by atoms with van der Waals surface area (Å²) in [6.45, 7) is 1.68. The zero-order chi connectivity index (χ0) is 16.1. The van der Waals surface area contributed by atoms with Crippen molar-refractivity contribution in [3.8, 4) is 0 Å². The molecule has 2 rings (SSSR count). The Labute approximate surface area is 136 Å². The first kappa shape index (κ1) is 16.0. The van der Waals surface area contributed by atoms with Crippen molar-refractivity contribution in [1.82, 2.24) is 9.78 Å². The summed E-state index contributed by atoms with van der Waals surface area (Å²) >= 11 is 3.37. The molecule has 1 aromatic heterocycles. The molecule has 0 radical (unpaired) electrons. The van der Waals surface area contributed by atoms with Gasteiger partial charge < -0.3 is 15.9 Å². The van der Waals surface area contributed by atoms with Crippen LogP contribution in [0.25, 0.3) is 0 Å². The zero-order valence-electron chi connectivity index (χ0n) is 12.2. The number of carbonyl (C=O) groups is 1. The summed E-state index contributed by atoms with van der Waals surface area (Å²) in [5.74, 6) is -0.145. The number of carbonyl (C=O) groups excluding carboxylic acids is 1. The predicted molar refractivity (Wildman–Crippen MR) is 87.4 cm³/mol. The number of nitrogens with one attached hydrogen (secondary N) is 1. The third-order valence-corrected chi connectivity index (χ3v) is 3.31. The lowest BCUT2D eigenvalue weighted by Crippen LogP contribution is -2.19. The van der Waals surface area contributed by atoms with Crippen LogP contribution >= 0.6 is 15.9 Å². The molecule has 1 heterocycles. The van der Waals surface area contributed by atoms with Crippen LogP contribution in [-0.4, -0.2) is 28.1 Å². The van der Waals surface area contributed by atoms with Gasteiger partial charge in [-0.1, -0.05) is 21.1 Å². The quantitative estimate of drug-likeness (QED) is 0.479. The molecular formula is C14H16BrN5O2. The number of benzene rings is 1. The Morgan fingerprint density at radius 3 is 2.95 bits per heavy atom. The molecule has 0 fully saturated rings. The van der Waals surface area contributed by atoms with E-state index >= 15 is 0 Å². The highest BCUT2D eigenvalue weighted by Crippen LogP contribution is 2.19. The molecule has 0 atom stereocenters. The number of amidine groups is 1. The van der Waals surface area contributed by atoms with E-state index in [1.165, 1.54) is 0 Å². The first-order valence-corrected chi connectivity index (χ1v) is 7.25. The number of rotatable bonds is 5. The summed E-state index contributed by atoms with van der Waals surface area (Å²) < 4.78 is 2.55. The Morgan fingerprint density at radius 2 is 2.32 bits per heavy atom. The van der Waals surface area contributed by atoms with Gasteiger partial charge in [-0.25, -0.2) is 0 Å². The molecule has 0 aliphatic heterocycles. The number of oxime groups is 1. The first-order valence-electron chi connectivity index (χ1n) is 6.46. The highest BCUT2D eigenvalue weighted by molar-refractivity contribution is 9.10. The van der Waals surface area contributed by atoms with Crippen LogP contribution in [0.4, 0.5) is 5.69 Å². The summed E-state index contributed by atoms with van der Waals surface area (Å²) in [6.07, 6.45) is 3.26. The number of hydrogen-bond acceptors (Lipinski definition) is 4. The molecule has 1 aromatic carbocycles. The molecule has 0 saturated heterocycles. The molecule has 0 saturated carbocycles. The highest BCUT2D eigenvalue weighted by Gasteiger charge is 2.06. The normalized spacial score (nSPS) is 11.3. The second kappa shape index (κ2) is 7.08. The SMILES string of the molecule is Cc1cc(Br)ccc1NC(=O)CON=C(N)c1cnn(C)c1. The third-order valence-electron chi connectivity index (χ3n) is 2.82. The van der Waals surface area contributed by atoms with Crippen molar-refractivity contribution in [3.05, 3.63) is 46.2 Å². The lowest BCUT2D eigenvalue weighted by atomic mass is 10.2. The average Bonchev–Trinajstić information content (AvgIpc) is 2.88. The third kappa shape index (κ3) is 4.32. The fourth-order valence-corrected chi connectivity index (χ4v) is 2.20. The van der Waals surface area contributed by atoms with Gasteiger partial charge in [0.15, 0.2) is 12.4 Å². The topological polar surface area (TPSA) is 94.5 Å². The van der Waals surface area contributed by atoms with Crippen molar-refractivity contribution in [2.75, 3.05) is 11.9 Å². The zero-order valence-corrected chi connectivity index (χ0v) is 13.8. The summed E-state index contributed by atoms with van der Waals surface area (Å²) in [4.78, 5) is 16.8. The molecule has 0 unspecified atom stereocenters. The van der Waals surface area contributed by atoms with E-state index in [1.54, 1.807) is 24.1 Å². The summed E-state index contributed by atoms with van der Waals surface area (Å²) in [5.41, 5.74) is 8.02. The predicted octanol–water partition coefficient (Wildman–Crippen LogP) is 1.77. The van der Waals surface area contributed by atoms with Crippen molar-refractivity contribution in [3.63, 3.8) is 0 Å². The molecule has 0 aliphatic carbocycles. The number of anilines is 1. The van der Waals surface area contributed by atoms with Gasteiger partial charge in [0.2, 0.25) is 0 Å². The van der Waals surface area contributed by atoms with Crippen LogP contribution in [0.5, 0.6) is 0 Å². The van der Waals surface area contributed by atoms with Crippen LogP contribution in [0.1, 0.15) is 11.1 Å². The van der Waals surface area contributed by atoms with Gasteiger partial charge in [-0.05, 0) is 30.7 Å². The van der Waals surface area contributed by atoms with Gasteiger partial charge in [-0.15, -0.1) is 0 Å².